The van der Waals surface area contributed by atoms with E-state index in [0.717, 1.165) is 25.1 Å². The van der Waals surface area contributed by atoms with Crippen LogP contribution in [0.4, 0.5) is 4.39 Å². The quantitative estimate of drug-likeness (QED) is 0.366. The molecule has 2 heterocycles. The van der Waals surface area contributed by atoms with Crippen molar-refractivity contribution in [3.63, 3.8) is 0 Å². The molecule has 0 aromatic heterocycles. The number of benzene rings is 2. The van der Waals surface area contributed by atoms with Gasteiger partial charge in [-0.05, 0) is 55.3 Å². The molecule has 1 N–H and O–H groups in total. The first-order chi connectivity index (χ1) is 17.5. The fourth-order valence-electron chi connectivity index (χ4n) is 5.17. The highest BCUT2D eigenvalue weighted by Crippen LogP contribution is 2.50. The molecule has 9 heteroatoms. The van der Waals surface area contributed by atoms with Crippen molar-refractivity contribution in [2.24, 2.45) is 5.92 Å². The Hall–Kier alpha value is -3.04. The molecule has 0 aliphatic carbocycles. The number of fused-ring (bicyclic) bond motifs is 1. The number of methoxy groups -OCH3 is 2. The molecule has 4 rings (SSSR count). The first-order valence-corrected chi connectivity index (χ1v) is 12.4. The number of carbonyl (C=O) groups excluding carboxylic acids is 1. The van der Waals surface area contributed by atoms with Gasteiger partial charge in [0, 0.05) is 31.6 Å². The smallest absolute Gasteiger partial charge is 0.311 e. The van der Waals surface area contributed by atoms with Crippen molar-refractivity contribution in [2.75, 3.05) is 53.8 Å². The number of halogens is 1. The maximum absolute atomic E-state index is 14.8. The van der Waals surface area contributed by atoms with Gasteiger partial charge in [-0.25, -0.2) is 4.39 Å². The number of likely N-dealkylation sites (tertiary alicyclic amines) is 1. The molecule has 2 aromatic rings. The Balaban J connectivity index is 1.77. The highest BCUT2D eigenvalue weighted by molar-refractivity contribution is 5.76. The number of carbonyl (C=O) groups is 1. The van der Waals surface area contributed by atoms with Gasteiger partial charge in [0.15, 0.2) is 23.1 Å². The van der Waals surface area contributed by atoms with Crippen LogP contribution in [0.3, 0.4) is 0 Å². The fourth-order valence-corrected chi connectivity index (χ4v) is 5.17. The van der Waals surface area contributed by atoms with Gasteiger partial charge < -0.3 is 29.0 Å². The number of ether oxygens (including phenoxy) is 5. The van der Waals surface area contributed by atoms with E-state index in [1.807, 2.05) is 18.2 Å². The van der Waals surface area contributed by atoms with Gasteiger partial charge in [0.05, 0.1) is 26.7 Å². The Morgan fingerprint density at radius 1 is 1.08 bits per heavy atom. The molecule has 0 saturated carbocycles. The topological polar surface area (TPSA) is 78.5 Å². The van der Waals surface area contributed by atoms with Crippen LogP contribution in [0.5, 0.6) is 23.0 Å². The normalized spacial score (nSPS) is 21.0. The van der Waals surface area contributed by atoms with Crippen molar-refractivity contribution >= 4 is 5.97 Å². The third-order valence-corrected chi connectivity index (χ3v) is 6.79. The Kier molecular flexibility index (Phi) is 8.53. The zero-order valence-electron chi connectivity index (χ0n) is 21.3. The van der Waals surface area contributed by atoms with Crippen LogP contribution in [-0.2, 0) is 9.53 Å². The number of nitrogens with one attached hydrogen (secondary N) is 1. The van der Waals surface area contributed by atoms with E-state index < -0.39 is 11.7 Å². The lowest BCUT2D eigenvalue weighted by Crippen LogP contribution is -2.34. The molecular weight excluding hydrogens is 467 g/mol. The number of hydrogen-bond acceptors (Lipinski definition) is 8. The molecule has 0 amide bonds. The minimum atomic E-state index is -0.561. The van der Waals surface area contributed by atoms with Crippen LogP contribution in [0.15, 0.2) is 30.3 Å². The first-order valence-electron chi connectivity index (χ1n) is 12.4. The summed E-state index contributed by atoms with van der Waals surface area (Å²) in [6, 6.07) is 8.33. The van der Waals surface area contributed by atoms with Gasteiger partial charge >= 0.3 is 5.97 Å². The molecule has 1 saturated heterocycles. The molecule has 8 nitrogen and oxygen atoms in total. The Morgan fingerprint density at radius 2 is 1.89 bits per heavy atom. The summed E-state index contributed by atoms with van der Waals surface area (Å²) in [7, 11) is 3.01. The summed E-state index contributed by atoms with van der Waals surface area (Å²) in [5.41, 5.74) is 1.59. The summed E-state index contributed by atoms with van der Waals surface area (Å²) in [5.74, 6) is 0.292. The van der Waals surface area contributed by atoms with E-state index in [9.17, 15) is 9.18 Å². The van der Waals surface area contributed by atoms with E-state index in [0.29, 0.717) is 35.9 Å². The van der Waals surface area contributed by atoms with Crippen molar-refractivity contribution in [2.45, 2.75) is 32.2 Å². The largest absolute Gasteiger partial charge is 0.494 e. The second-order valence-corrected chi connectivity index (χ2v) is 8.93. The van der Waals surface area contributed by atoms with E-state index in [2.05, 4.69) is 17.1 Å². The maximum Gasteiger partial charge on any atom is 0.311 e. The molecule has 0 spiro atoms. The molecule has 2 aliphatic rings. The zero-order chi connectivity index (χ0) is 25.7. The van der Waals surface area contributed by atoms with Crippen LogP contribution in [0.2, 0.25) is 0 Å². The number of nitrogens with zero attached hydrogens (tertiary/aromatic N) is 1. The lowest BCUT2D eigenvalue weighted by molar-refractivity contribution is -0.149. The van der Waals surface area contributed by atoms with Crippen LogP contribution < -0.4 is 24.3 Å². The van der Waals surface area contributed by atoms with Gasteiger partial charge in [-0.15, -0.1) is 0 Å². The summed E-state index contributed by atoms with van der Waals surface area (Å²) in [6.07, 6.45) is 1.03. The number of hydrogen-bond donors (Lipinski definition) is 1. The number of rotatable bonds is 11. The van der Waals surface area contributed by atoms with Gasteiger partial charge in [-0.1, -0.05) is 13.0 Å². The average molecular weight is 503 g/mol. The molecule has 3 unspecified atom stereocenters. The fraction of sp³-hybridized carbons (Fsp3) is 0.519. The predicted octanol–water partition coefficient (Wildman–Crippen LogP) is 3.89. The molecule has 3 atom stereocenters. The van der Waals surface area contributed by atoms with Crippen LogP contribution in [0.1, 0.15) is 43.4 Å². The Labute approximate surface area is 211 Å². The second kappa shape index (κ2) is 11.8. The van der Waals surface area contributed by atoms with E-state index in [-0.39, 0.29) is 37.1 Å². The highest BCUT2D eigenvalue weighted by Gasteiger charge is 2.48. The van der Waals surface area contributed by atoms with Crippen molar-refractivity contribution in [1.82, 2.24) is 10.2 Å². The van der Waals surface area contributed by atoms with E-state index in [1.54, 1.807) is 20.1 Å². The highest BCUT2D eigenvalue weighted by atomic mass is 19.1. The van der Waals surface area contributed by atoms with E-state index in [1.165, 1.54) is 13.2 Å². The Bertz CT molecular complexity index is 1060. The van der Waals surface area contributed by atoms with Gasteiger partial charge in [0.25, 0.3) is 0 Å². The standard InChI is InChI=1S/C27H35FN2O6/c1-5-9-29-10-11-30-15-19(18-13-22(33-4)26-23(14-18)35-16-36-26)24(27(31)34-6-2)25(30)17-7-8-21(32-3)20(28)12-17/h7-8,12-14,19,24-25,29H,5-6,9-11,15-16H2,1-4H3. The van der Waals surface area contributed by atoms with Gasteiger partial charge in [-0.2, -0.15) is 0 Å². The third kappa shape index (κ3) is 5.22. The number of esters is 1. The summed E-state index contributed by atoms with van der Waals surface area (Å²) >= 11 is 0. The van der Waals surface area contributed by atoms with Gasteiger partial charge in [0.1, 0.15) is 0 Å². The van der Waals surface area contributed by atoms with Gasteiger partial charge in [-0.3, -0.25) is 9.69 Å². The minimum Gasteiger partial charge on any atom is -0.494 e. The van der Waals surface area contributed by atoms with Crippen LogP contribution in [0.25, 0.3) is 0 Å². The second-order valence-electron chi connectivity index (χ2n) is 8.93. The molecule has 0 radical (unpaired) electrons. The monoisotopic (exact) mass is 502 g/mol. The summed E-state index contributed by atoms with van der Waals surface area (Å²) in [4.78, 5) is 15.7. The summed E-state index contributed by atoms with van der Waals surface area (Å²) < 4.78 is 42.3. The third-order valence-electron chi connectivity index (χ3n) is 6.79. The van der Waals surface area contributed by atoms with Crippen molar-refractivity contribution < 1.29 is 32.9 Å². The van der Waals surface area contributed by atoms with Crippen molar-refractivity contribution in [1.29, 1.82) is 0 Å². The van der Waals surface area contributed by atoms with Gasteiger partial charge in [0.2, 0.25) is 12.5 Å². The van der Waals surface area contributed by atoms with E-state index in [4.69, 9.17) is 23.7 Å². The van der Waals surface area contributed by atoms with Crippen LogP contribution >= 0.6 is 0 Å². The summed E-state index contributed by atoms with van der Waals surface area (Å²) in [5, 5.41) is 3.43. The predicted molar refractivity (Wildman–Crippen MR) is 132 cm³/mol. The average Bonchev–Trinajstić information content (AvgIpc) is 3.51. The molecular formula is C27H35FN2O6. The Morgan fingerprint density at radius 3 is 2.58 bits per heavy atom. The lowest BCUT2D eigenvalue weighted by atomic mass is 9.82. The molecule has 0 bridgehead atoms. The van der Waals surface area contributed by atoms with E-state index >= 15 is 0 Å². The maximum atomic E-state index is 14.8. The molecule has 1 fully saturated rings. The van der Waals surface area contributed by atoms with Crippen molar-refractivity contribution in [3.8, 4) is 23.0 Å². The SMILES string of the molecule is CCCNCCN1CC(c2cc(OC)c3c(c2)OCO3)C(C(=O)OCC)C1c1ccc(OC)c(F)c1. The molecule has 196 valence electrons. The molecule has 2 aliphatic heterocycles. The van der Waals surface area contributed by atoms with Crippen LogP contribution in [-0.4, -0.2) is 64.7 Å². The first kappa shape index (κ1) is 26.0. The minimum absolute atomic E-state index is 0.115. The molecule has 2 aromatic carbocycles. The zero-order valence-corrected chi connectivity index (χ0v) is 21.3. The van der Waals surface area contributed by atoms with Crippen molar-refractivity contribution in [3.05, 3.63) is 47.3 Å². The lowest BCUT2D eigenvalue weighted by Gasteiger charge is -2.28. The molecule has 36 heavy (non-hydrogen) atoms. The summed E-state index contributed by atoms with van der Waals surface area (Å²) in [6.45, 7) is 7.20. The van der Waals surface area contributed by atoms with Crippen LogP contribution in [0, 0.1) is 11.7 Å².